The Hall–Kier alpha value is -0.120. The molecule has 0 radical (unpaired) electrons. The lowest BCUT2D eigenvalue weighted by Crippen LogP contribution is -2.23. The zero-order chi connectivity index (χ0) is 9.23. The number of aliphatic hydroxyl groups is 1. The van der Waals surface area contributed by atoms with Crippen molar-refractivity contribution in [2.45, 2.75) is 19.3 Å². The van der Waals surface area contributed by atoms with Crippen LogP contribution in [0.25, 0.3) is 0 Å². The Kier molecular flexibility index (Phi) is 8.88. The summed E-state index contributed by atoms with van der Waals surface area (Å²) in [5, 5.41) is 11.7. The molecule has 74 valence electrons. The molecule has 0 fully saturated rings. The first kappa shape index (κ1) is 11.9. The highest BCUT2D eigenvalue weighted by Crippen LogP contribution is 1.92. The van der Waals surface area contributed by atoms with Gasteiger partial charge in [0.2, 0.25) is 0 Å². The molecule has 0 atom stereocenters. The third-order valence-electron chi connectivity index (χ3n) is 1.91. The van der Waals surface area contributed by atoms with Gasteiger partial charge in [0.15, 0.2) is 0 Å². The molecule has 0 bridgehead atoms. The lowest BCUT2D eigenvalue weighted by molar-refractivity contribution is 0.262. The Bertz CT molecular complexity index is 78.6. The molecule has 0 aromatic heterocycles. The van der Waals surface area contributed by atoms with Gasteiger partial charge in [-0.3, -0.25) is 0 Å². The van der Waals surface area contributed by atoms with Crippen LogP contribution in [0.5, 0.6) is 0 Å². The van der Waals surface area contributed by atoms with E-state index in [-0.39, 0.29) is 0 Å². The van der Waals surface area contributed by atoms with Gasteiger partial charge >= 0.3 is 0 Å². The molecule has 0 rings (SSSR count). The summed E-state index contributed by atoms with van der Waals surface area (Å²) >= 11 is 0. The van der Waals surface area contributed by atoms with Gasteiger partial charge in [-0.2, -0.15) is 0 Å². The maximum atomic E-state index is 8.56. The highest BCUT2D eigenvalue weighted by atomic mass is 16.2. The topological polar surface area (TPSA) is 35.5 Å². The molecule has 0 saturated carbocycles. The predicted molar refractivity (Wildman–Crippen MR) is 52.4 cm³/mol. The minimum absolute atomic E-state index is 0.324. The Labute approximate surface area is 75.8 Å². The molecule has 12 heavy (non-hydrogen) atoms. The van der Waals surface area contributed by atoms with E-state index in [0.29, 0.717) is 6.61 Å². The number of aliphatic hydroxyl groups excluding tert-OH is 1. The fourth-order valence-corrected chi connectivity index (χ4v) is 1.13. The van der Waals surface area contributed by atoms with Crippen LogP contribution < -0.4 is 5.32 Å². The molecule has 2 N–H and O–H groups in total. The highest BCUT2D eigenvalue weighted by molar-refractivity contribution is 4.52. The highest BCUT2D eigenvalue weighted by Gasteiger charge is 1.96. The van der Waals surface area contributed by atoms with E-state index in [9.17, 15) is 0 Å². The van der Waals surface area contributed by atoms with Crippen molar-refractivity contribution >= 4 is 0 Å². The molecule has 0 aromatic carbocycles. The maximum Gasteiger partial charge on any atom is 0.0431 e. The molecular weight excluding hydrogens is 152 g/mol. The van der Waals surface area contributed by atoms with Crippen LogP contribution in [0, 0.1) is 0 Å². The van der Waals surface area contributed by atoms with Crippen molar-refractivity contribution in [2.24, 2.45) is 0 Å². The quantitative estimate of drug-likeness (QED) is 0.520. The van der Waals surface area contributed by atoms with Gasteiger partial charge in [-0.05, 0) is 53.0 Å². The number of nitrogens with one attached hydrogen (secondary N) is 1. The standard InChI is InChI=1S/C9H22N2O/c1-10-6-5-8-11(2)7-3-4-9-12/h10,12H,3-9H2,1-2H3. The lowest BCUT2D eigenvalue weighted by atomic mass is 10.3. The summed E-state index contributed by atoms with van der Waals surface area (Å²) in [5.41, 5.74) is 0. The fraction of sp³-hybridized carbons (Fsp3) is 1.00. The van der Waals surface area contributed by atoms with Crippen LogP contribution in [0.2, 0.25) is 0 Å². The molecule has 0 unspecified atom stereocenters. The second-order valence-electron chi connectivity index (χ2n) is 3.19. The van der Waals surface area contributed by atoms with Gasteiger partial charge in [0, 0.05) is 6.61 Å². The average molecular weight is 174 g/mol. The van der Waals surface area contributed by atoms with Crippen LogP contribution in [0.4, 0.5) is 0 Å². The van der Waals surface area contributed by atoms with E-state index in [1.807, 2.05) is 7.05 Å². The van der Waals surface area contributed by atoms with Crippen LogP contribution >= 0.6 is 0 Å². The van der Waals surface area contributed by atoms with Crippen molar-refractivity contribution in [3.05, 3.63) is 0 Å². The van der Waals surface area contributed by atoms with Crippen molar-refractivity contribution in [3.8, 4) is 0 Å². The zero-order valence-corrected chi connectivity index (χ0v) is 8.34. The third kappa shape index (κ3) is 7.98. The van der Waals surface area contributed by atoms with E-state index in [4.69, 9.17) is 5.11 Å². The Balaban J connectivity index is 3.04. The van der Waals surface area contributed by atoms with E-state index in [1.54, 1.807) is 0 Å². The van der Waals surface area contributed by atoms with Gasteiger partial charge < -0.3 is 15.3 Å². The maximum absolute atomic E-state index is 8.56. The smallest absolute Gasteiger partial charge is 0.0431 e. The summed E-state index contributed by atoms with van der Waals surface area (Å²) in [6.07, 6.45) is 3.23. The van der Waals surface area contributed by atoms with Gasteiger partial charge in [-0.1, -0.05) is 0 Å². The Morgan fingerprint density at radius 3 is 2.42 bits per heavy atom. The van der Waals surface area contributed by atoms with E-state index in [2.05, 4.69) is 17.3 Å². The van der Waals surface area contributed by atoms with E-state index >= 15 is 0 Å². The number of hydrogen-bond donors (Lipinski definition) is 2. The predicted octanol–water partition coefficient (Wildman–Crippen LogP) is 0.300. The summed E-state index contributed by atoms with van der Waals surface area (Å²) in [5.74, 6) is 0. The first-order valence-electron chi connectivity index (χ1n) is 4.75. The number of hydrogen-bond acceptors (Lipinski definition) is 3. The van der Waals surface area contributed by atoms with Crippen LogP contribution in [0.15, 0.2) is 0 Å². The molecule has 0 heterocycles. The SMILES string of the molecule is CNCCCN(C)CCCCO. The van der Waals surface area contributed by atoms with Gasteiger partial charge in [-0.15, -0.1) is 0 Å². The normalized spacial score (nSPS) is 11.0. The molecule has 0 amide bonds. The summed E-state index contributed by atoms with van der Waals surface area (Å²) in [4.78, 5) is 2.31. The minimum Gasteiger partial charge on any atom is -0.396 e. The van der Waals surface area contributed by atoms with Crippen molar-refractivity contribution in [2.75, 3.05) is 40.3 Å². The van der Waals surface area contributed by atoms with Crippen molar-refractivity contribution in [1.82, 2.24) is 10.2 Å². The second-order valence-corrected chi connectivity index (χ2v) is 3.19. The largest absolute Gasteiger partial charge is 0.396 e. The van der Waals surface area contributed by atoms with Crippen molar-refractivity contribution in [3.63, 3.8) is 0 Å². The summed E-state index contributed by atoms with van der Waals surface area (Å²) in [7, 11) is 4.11. The average Bonchev–Trinajstić information content (AvgIpc) is 2.06. The van der Waals surface area contributed by atoms with Gasteiger partial charge in [-0.25, -0.2) is 0 Å². The zero-order valence-electron chi connectivity index (χ0n) is 8.34. The van der Waals surface area contributed by atoms with Gasteiger partial charge in [0.05, 0.1) is 0 Å². The van der Waals surface area contributed by atoms with Crippen LogP contribution in [-0.2, 0) is 0 Å². The number of nitrogens with zero attached hydrogens (tertiary/aromatic N) is 1. The lowest BCUT2D eigenvalue weighted by Gasteiger charge is -2.15. The first-order chi connectivity index (χ1) is 5.81. The summed E-state index contributed by atoms with van der Waals surface area (Å²) in [6.45, 7) is 3.66. The number of unbranched alkanes of at least 4 members (excludes halogenated alkanes) is 1. The summed E-state index contributed by atoms with van der Waals surface area (Å²) in [6, 6.07) is 0. The van der Waals surface area contributed by atoms with Crippen LogP contribution in [-0.4, -0.2) is 50.3 Å². The molecular formula is C9H22N2O. The van der Waals surface area contributed by atoms with E-state index in [0.717, 1.165) is 32.5 Å². The summed E-state index contributed by atoms with van der Waals surface area (Å²) < 4.78 is 0. The fourth-order valence-electron chi connectivity index (χ4n) is 1.13. The van der Waals surface area contributed by atoms with E-state index < -0.39 is 0 Å². The Morgan fingerprint density at radius 1 is 1.17 bits per heavy atom. The second kappa shape index (κ2) is 8.97. The van der Waals surface area contributed by atoms with Crippen LogP contribution in [0.1, 0.15) is 19.3 Å². The number of rotatable bonds is 8. The monoisotopic (exact) mass is 174 g/mol. The van der Waals surface area contributed by atoms with Crippen molar-refractivity contribution in [1.29, 1.82) is 0 Å². The van der Waals surface area contributed by atoms with Crippen molar-refractivity contribution < 1.29 is 5.11 Å². The molecule has 0 spiro atoms. The molecule has 0 saturated heterocycles. The molecule has 3 nitrogen and oxygen atoms in total. The molecule has 0 aliphatic carbocycles. The third-order valence-corrected chi connectivity index (χ3v) is 1.91. The Morgan fingerprint density at radius 2 is 1.83 bits per heavy atom. The van der Waals surface area contributed by atoms with Gasteiger partial charge in [0.1, 0.15) is 0 Å². The van der Waals surface area contributed by atoms with Gasteiger partial charge in [0.25, 0.3) is 0 Å². The first-order valence-corrected chi connectivity index (χ1v) is 4.75. The van der Waals surface area contributed by atoms with E-state index in [1.165, 1.54) is 6.42 Å². The molecule has 0 aliphatic rings. The molecule has 0 aliphatic heterocycles. The molecule has 0 aromatic rings. The molecule has 3 heteroatoms. The van der Waals surface area contributed by atoms with Crippen LogP contribution in [0.3, 0.4) is 0 Å². The minimum atomic E-state index is 0.324.